The second-order valence-electron chi connectivity index (χ2n) is 15.8. The lowest BCUT2D eigenvalue weighted by molar-refractivity contribution is -0.870. The predicted molar refractivity (Wildman–Crippen MR) is 216 cm³/mol. The second kappa shape index (κ2) is 30.0. The molecule has 1 saturated carbocycles. The highest BCUT2D eigenvalue weighted by Crippen LogP contribution is 2.43. The Bertz CT molecular complexity index is 1200. The summed E-state index contributed by atoms with van der Waals surface area (Å²) in [5, 5.41) is 20.7. The van der Waals surface area contributed by atoms with Crippen LogP contribution in [0.15, 0.2) is 36.5 Å². The number of aliphatic hydroxyl groups is 2. The van der Waals surface area contributed by atoms with E-state index in [1.807, 2.05) is 33.3 Å². The number of carbonyl (C=O) groups excluding carboxylic acids is 3. The van der Waals surface area contributed by atoms with Crippen LogP contribution in [0.2, 0.25) is 0 Å². The summed E-state index contributed by atoms with van der Waals surface area (Å²) >= 11 is 0. The van der Waals surface area contributed by atoms with Gasteiger partial charge in [-0.3, -0.25) is 23.4 Å². The number of aliphatic hydroxyl groups excluding tert-OH is 2. The molecule has 1 rings (SSSR count). The van der Waals surface area contributed by atoms with Crippen molar-refractivity contribution in [3.05, 3.63) is 36.5 Å². The number of phosphoric acid groups is 1. The topological polar surface area (TPSA) is 166 Å². The van der Waals surface area contributed by atoms with E-state index in [9.17, 15) is 34.1 Å². The third kappa shape index (κ3) is 27.2. The zero-order valence-corrected chi connectivity index (χ0v) is 35.5. The number of esters is 2. The Morgan fingerprint density at radius 3 is 2.18 bits per heavy atom. The van der Waals surface area contributed by atoms with Crippen molar-refractivity contribution >= 4 is 25.5 Å². The molecule has 0 amide bonds. The van der Waals surface area contributed by atoms with Crippen LogP contribution in [0.3, 0.4) is 0 Å². The highest BCUT2D eigenvalue weighted by molar-refractivity contribution is 7.47. The molecule has 1 fully saturated rings. The standard InChI is InChI=1S/C42H74NO11P/c1-6-8-10-11-12-13-14-15-16-17-23-27-42(48)54-36(34-53-55(49,50)52-31-30-43(3,4)5)33-51-41(47)26-22-19-18-21-25-37-38(40(46)32-39(37)45)29-28-35(44)24-20-9-7-2/h11-12,18,21,28-29,35-39,44-45H,6-10,13-17,19-20,22-27,30-34H2,1-5H3/p+1/b12-11-,21-18-,29-28+/t35-,36+,37+,38+,39-/m0/s1. The number of Topliss-reactive ketones (excluding diaryl/α,β-unsaturated/α-hetero) is 1. The van der Waals surface area contributed by atoms with Crippen molar-refractivity contribution in [3.8, 4) is 0 Å². The lowest BCUT2D eigenvalue weighted by Crippen LogP contribution is -2.37. The minimum Gasteiger partial charge on any atom is -0.462 e. The van der Waals surface area contributed by atoms with Crippen LogP contribution in [0.4, 0.5) is 0 Å². The lowest BCUT2D eigenvalue weighted by Gasteiger charge is -2.24. The van der Waals surface area contributed by atoms with Gasteiger partial charge in [-0.25, -0.2) is 4.57 Å². The van der Waals surface area contributed by atoms with Gasteiger partial charge in [0.15, 0.2) is 6.10 Å². The van der Waals surface area contributed by atoms with Crippen LogP contribution >= 0.6 is 7.82 Å². The van der Waals surface area contributed by atoms with Crippen LogP contribution in [0.5, 0.6) is 0 Å². The Labute approximate surface area is 331 Å². The highest BCUT2D eigenvalue weighted by atomic mass is 31.2. The number of unbranched alkanes of at least 4 members (excludes halogenated alkanes) is 10. The Hall–Kier alpha value is -2.18. The van der Waals surface area contributed by atoms with Crippen LogP contribution in [-0.4, -0.2) is 103 Å². The van der Waals surface area contributed by atoms with Crippen LogP contribution in [0.25, 0.3) is 0 Å². The molecule has 0 radical (unpaired) electrons. The average Bonchev–Trinajstić information content (AvgIpc) is 3.39. The quantitative estimate of drug-likeness (QED) is 0.0194. The molecule has 0 heterocycles. The zero-order valence-electron chi connectivity index (χ0n) is 34.6. The van der Waals surface area contributed by atoms with Gasteiger partial charge in [-0.1, -0.05) is 102 Å². The van der Waals surface area contributed by atoms with Crippen LogP contribution in [0.1, 0.15) is 136 Å². The van der Waals surface area contributed by atoms with Gasteiger partial charge < -0.3 is 29.1 Å². The number of nitrogens with zero attached hydrogens (tertiary/aromatic N) is 1. The number of carbonyl (C=O) groups is 3. The lowest BCUT2D eigenvalue weighted by atomic mass is 9.90. The highest BCUT2D eigenvalue weighted by Gasteiger charge is 2.39. The van der Waals surface area contributed by atoms with E-state index in [0.29, 0.717) is 43.1 Å². The number of rotatable bonds is 33. The molecule has 0 saturated heterocycles. The molecule has 13 heteroatoms. The van der Waals surface area contributed by atoms with Gasteiger partial charge in [-0.2, -0.15) is 0 Å². The van der Waals surface area contributed by atoms with Crippen molar-refractivity contribution in [2.45, 2.75) is 154 Å². The van der Waals surface area contributed by atoms with Crippen LogP contribution in [0, 0.1) is 11.8 Å². The summed E-state index contributed by atoms with van der Waals surface area (Å²) in [6.07, 6.45) is 24.3. The van der Waals surface area contributed by atoms with Gasteiger partial charge in [-0.15, -0.1) is 0 Å². The van der Waals surface area contributed by atoms with Gasteiger partial charge in [0.2, 0.25) is 0 Å². The van der Waals surface area contributed by atoms with E-state index >= 15 is 0 Å². The van der Waals surface area contributed by atoms with Crippen molar-refractivity contribution in [3.63, 3.8) is 0 Å². The molecule has 1 unspecified atom stereocenters. The molecular formula is C42H75NO11P+. The van der Waals surface area contributed by atoms with Crippen LogP contribution in [-0.2, 0) is 37.5 Å². The number of hydrogen-bond donors (Lipinski definition) is 3. The van der Waals surface area contributed by atoms with E-state index in [2.05, 4.69) is 26.0 Å². The molecule has 55 heavy (non-hydrogen) atoms. The Kier molecular flexibility index (Phi) is 27.7. The van der Waals surface area contributed by atoms with Crippen molar-refractivity contribution in [1.29, 1.82) is 0 Å². The number of quaternary nitrogens is 1. The summed E-state index contributed by atoms with van der Waals surface area (Å²) in [4.78, 5) is 47.9. The molecule has 1 aliphatic rings. The SMILES string of the molecule is CCCC/C=C\CCCCCCCC(=O)O[C@H](COC(=O)CCC/C=C\C[C@H]1[C@@H](O)CC(=O)[C@@H]1/C=C/[C@@H](O)CCCCC)COP(=O)(O)OCC[N+](C)(C)C. The molecule has 1 aliphatic carbocycles. The molecule has 0 aromatic carbocycles. The summed E-state index contributed by atoms with van der Waals surface area (Å²) in [6, 6.07) is 0. The minimum atomic E-state index is -4.44. The summed E-state index contributed by atoms with van der Waals surface area (Å²) in [5.41, 5.74) is 0. The first-order chi connectivity index (χ1) is 26.2. The molecule has 0 aromatic rings. The first-order valence-corrected chi connectivity index (χ1v) is 22.3. The van der Waals surface area contributed by atoms with Crippen molar-refractivity contribution in [2.75, 3.05) is 47.5 Å². The molecule has 0 spiro atoms. The zero-order chi connectivity index (χ0) is 41.0. The first-order valence-electron chi connectivity index (χ1n) is 20.8. The van der Waals surface area contributed by atoms with Crippen LogP contribution < -0.4 is 0 Å². The van der Waals surface area contributed by atoms with E-state index in [-0.39, 0.29) is 44.2 Å². The second-order valence-corrected chi connectivity index (χ2v) is 17.3. The molecule has 0 bridgehead atoms. The maximum Gasteiger partial charge on any atom is 0.472 e. The van der Waals surface area contributed by atoms with Gasteiger partial charge in [0.05, 0.1) is 40.0 Å². The number of hydrogen-bond acceptors (Lipinski definition) is 10. The van der Waals surface area contributed by atoms with E-state index in [4.69, 9.17) is 18.5 Å². The monoisotopic (exact) mass is 801 g/mol. The minimum absolute atomic E-state index is 0.0133. The fraction of sp³-hybridized carbons (Fsp3) is 0.786. The predicted octanol–water partition coefficient (Wildman–Crippen LogP) is 7.94. The van der Waals surface area contributed by atoms with Gasteiger partial charge in [0.25, 0.3) is 0 Å². The third-order valence-corrected chi connectivity index (χ3v) is 10.5. The summed E-state index contributed by atoms with van der Waals surface area (Å²) in [7, 11) is 1.32. The molecule has 318 valence electrons. The first kappa shape index (κ1) is 50.8. The summed E-state index contributed by atoms with van der Waals surface area (Å²) < 4.78 is 34.1. The molecule has 0 aliphatic heterocycles. The van der Waals surface area contributed by atoms with Crippen molar-refractivity contribution in [2.24, 2.45) is 11.8 Å². The molecule has 3 N–H and O–H groups in total. The maximum absolute atomic E-state index is 12.7. The molecular weight excluding hydrogens is 725 g/mol. The normalized spacial score (nSPS) is 20.1. The van der Waals surface area contributed by atoms with E-state index in [1.165, 1.54) is 12.8 Å². The fourth-order valence-electron chi connectivity index (χ4n) is 6.09. The Morgan fingerprint density at radius 1 is 0.836 bits per heavy atom. The number of likely N-dealkylation sites (N-methyl/N-ethyl adjacent to an activating group) is 1. The third-order valence-electron chi connectivity index (χ3n) is 9.52. The molecule has 0 aromatic heterocycles. The van der Waals surface area contributed by atoms with Gasteiger partial charge in [0.1, 0.15) is 25.5 Å². The molecule has 6 atom stereocenters. The van der Waals surface area contributed by atoms with Gasteiger partial charge >= 0.3 is 19.8 Å². The number of allylic oxidation sites excluding steroid dienone is 5. The number of ketones is 1. The summed E-state index contributed by atoms with van der Waals surface area (Å²) in [6.45, 7) is 3.94. The Balaban J connectivity index is 2.55. The number of phosphoric ester groups is 1. The van der Waals surface area contributed by atoms with Gasteiger partial charge in [-0.05, 0) is 51.4 Å². The van der Waals surface area contributed by atoms with Gasteiger partial charge in [0, 0.05) is 31.1 Å². The van der Waals surface area contributed by atoms with Crippen molar-refractivity contribution < 1.29 is 57.1 Å². The number of ether oxygens (including phenoxy) is 2. The fourth-order valence-corrected chi connectivity index (χ4v) is 6.83. The molecule has 12 nitrogen and oxygen atoms in total. The van der Waals surface area contributed by atoms with Crippen molar-refractivity contribution in [1.82, 2.24) is 0 Å². The average molecular weight is 801 g/mol. The van der Waals surface area contributed by atoms with E-state index in [0.717, 1.165) is 57.8 Å². The van der Waals surface area contributed by atoms with E-state index < -0.39 is 50.6 Å². The maximum atomic E-state index is 12.7. The Morgan fingerprint density at radius 2 is 1.47 bits per heavy atom. The van der Waals surface area contributed by atoms with E-state index in [1.54, 1.807) is 12.2 Å². The summed E-state index contributed by atoms with van der Waals surface area (Å²) in [5.74, 6) is -1.74. The smallest absolute Gasteiger partial charge is 0.462 e. The largest absolute Gasteiger partial charge is 0.472 e.